The standard InChI is InChI=1S/C16H21ClN2O2/c1-19(13-8-11-4-5-12(9-13)18-11)16(20)14-7-10(17)3-6-15(14)21-2/h3,6-7,11-13,18H,4-5,8-9H2,1-2H3. The molecule has 2 unspecified atom stereocenters. The summed E-state index contributed by atoms with van der Waals surface area (Å²) in [5, 5.41) is 4.16. The van der Waals surface area contributed by atoms with Crippen LogP contribution in [0, 0.1) is 0 Å². The average Bonchev–Trinajstić information content (AvgIpc) is 2.84. The smallest absolute Gasteiger partial charge is 0.257 e. The van der Waals surface area contributed by atoms with Gasteiger partial charge in [-0.05, 0) is 43.9 Å². The van der Waals surface area contributed by atoms with E-state index in [4.69, 9.17) is 16.3 Å². The number of benzene rings is 1. The van der Waals surface area contributed by atoms with Gasteiger partial charge in [0.15, 0.2) is 0 Å². The molecule has 2 aliphatic rings. The van der Waals surface area contributed by atoms with Crippen molar-refractivity contribution in [2.45, 2.75) is 43.8 Å². The van der Waals surface area contributed by atoms with Gasteiger partial charge in [-0.25, -0.2) is 0 Å². The second kappa shape index (κ2) is 5.85. The summed E-state index contributed by atoms with van der Waals surface area (Å²) in [6, 6.07) is 6.59. The minimum absolute atomic E-state index is 0.0133. The van der Waals surface area contributed by atoms with E-state index in [0.717, 1.165) is 12.8 Å². The largest absolute Gasteiger partial charge is 0.496 e. The van der Waals surface area contributed by atoms with E-state index in [1.54, 1.807) is 25.3 Å². The van der Waals surface area contributed by atoms with Gasteiger partial charge in [0, 0.05) is 30.2 Å². The van der Waals surface area contributed by atoms with Gasteiger partial charge in [-0.1, -0.05) is 11.6 Å². The van der Waals surface area contributed by atoms with E-state index in [9.17, 15) is 4.79 Å². The maximum absolute atomic E-state index is 12.8. The van der Waals surface area contributed by atoms with Crippen molar-refractivity contribution in [2.24, 2.45) is 0 Å². The lowest BCUT2D eigenvalue weighted by molar-refractivity contribution is 0.0678. The Kier molecular flexibility index (Phi) is 4.09. The van der Waals surface area contributed by atoms with E-state index in [1.165, 1.54) is 12.8 Å². The van der Waals surface area contributed by atoms with Crippen LogP contribution in [0.15, 0.2) is 18.2 Å². The molecule has 0 saturated carbocycles. The molecule has 0 aliphatic carbocycles. The third kappa shape index (κ3) is 2.87. The molecule has 21 heavy (non-hydrogen) atoms. The van der Waals surface area contributed by atoms with Crippen molar-refractivity contribution in [1.82, 2.24) is 10.2 Å². The highest BCUT2D eigenvalue weighted by Gasteiger charge is 2.36. The van der Waals surface area contributed by atoms with Crippen LogP contribution < -0.4 is 10.1 Å². The minimum atomic E-state index is -0.0133. The van der Waals surface area contributed by atoms with Crippen molar-refractivity contribution in [3.63, 3.8) is 0 Å². The molecular formula is C16H21ClN2O2. The number of carbonyl (C=O) groups excluding carboxylic acids is 1. The molecule has 3 rings (SSSR count). The predicted octanol–water partition coefficient (Wildman–Crippen LogP) is 2.70. The number of halogens is 1. The zero-order valence-corrected chi connectivity index (χ0v) is 13.2. The van der Waals surface area contributed by atoms with Crippen LogP contribution in [0.25, 0.3) is 0 Å². The summed E-state index contributed by atoms with van der Waals surface area (Å²) in [6.07, 6.45) is 4.51. The number of carbonyl (C=O) groups is 1. The normalized spacial score (nSPS) is 27.5. The lowest BCUT2D eigenvalue weighted by Gasteiger charge is -2.35. The van der Waals surface area contributed by atoms with Gasteiger partial charge in [-0.3, -0.25) is 4.79 Å². The summed E-state index contributed by atoms with van der Waals surface area (Å²) in [4.78, 5) is 14.6. The van der Waals surface area contributed by atoms with E-state index in [2.05, 4.69) is 5.32 Å². The fourth-order valence-corrected chi connectivity index (χ4v) is 3.72. The summed E-state index contributed by atoms with van der Waals surface area (Å²) in [6.45, 7) is 0. The van der Waals surface area contributed by atoms with Crippen molar-refractivity contribution >= 4 is 17.5 Å². The number of ether oxygens (including phenoxy) is 1. The first-order valence-electron chi connectivity index (χ1n) is 7.45. The molecule has 2 bridgehead atoms. The van der Waals surface area contributed by atoms with Crippen LogP contribution in [0.3, 0.4) is 0 Å². The van der Waals surface area contributed by atoms with Gasteiger partial charge < -0.3 is 15.0 Å². The van der Waals surface area contributed by atoms with Crippen LogP contribution in [-0.2, 0) is 0 Å². The van der Waals surface area contributed by atoms with Crippen molar-refractivity contribution < 1.29 is 9.53 Å². The van der Waals surface area contributed by atoms with Gasteiger partial charge in [0.05, 0.1) is 12.7 Å². The first-order chi connectivity index (χ1) is 10.1. The van der Waals surface area contributed by atoms with Crippen LogP contribution in [0.1, 0.15) is 36.0 Å². The number of fused-ring (bicyclic) bond motifs is 2. The molecule has 1 N–H and O–H groups in total. The van der Waals surface area contributed by atoms with Crippen LogP contribution in [0.5, 0.6) is 5.75 Å². The van der Waals surface area contributed by atoms with Gasteiger partial charge in [0.2, 0.25) is 0 Å². The summed E-state index contributed by atoms with van der Waals surface area (Å²) >= 11 is 6.03. The predicted molar refractivity (Wildman–Crippen MR) is 83.1 cm³/mol. The SMILES string of the molecule is COc1ccc(Cl)cc1C(=O)N(C)C1CC2CCC(C1)N2. The summed E-state index contributed by atoms with van der Waals surface area (Å²) in [5.74, 6) is 0.564. The maximum atomic E-state index is 12.8. The number of amides is 1. The van der Waals surface area contributed by atoms with Crippen molar-refractivity contribution in [3.8, 4) is 5.75 Å². The Hall–Kier alpha value is -1.26. The molecule has 2 aliphatic heterocycles. The average molecular weight is 309 g/mol. The molecule has 114 valence electrons. The third-order valence-electron chi connectivity index (χ3n) is 4.71. The summed E-state index contributed by atoms with van der Waals surface area (Å²) in [7, 11) is 3.46. The lowest BCUT2D eigenvalue weighted by Crippen LogP contribution is -2.48. The zero-order valence-electron chi connectivity index (χ0n) is 12.4. The number of methoxy groups -OCH3 is 1. The first-order valence-corrected chi connectivity index (χ1v) is 7.83. The highest BCUT2D eigenvalue weighted by atomic mass is 35.5. The fourth-order valence-electron chi connectivity index (χ4n) is 3.55. The molecule has 1 aromatic carbocycles. The monoisotopic (exact) mass is 308 g/mol. The number of rotatable bonds is 3. The van der Waals surface area contributed by atoms with Crippen LogP contribution in [0.2, 0.25) is 5.02 Å². The van der Waals surface area contributed by atoms with E-state index in [-0.39, 0.29) is 5.91 Å². The van der Waals surface area contributed by atoms with Gasteiger partial charge in [-0.2, -0.15) is 0 Å². The Balaban J connectivity index is 1.80. The van der Waals surface area contributed by atoms with Gasteiger partial charge >= 0.3 is 0 Å². The second-order valence-corrected chi connectivity index (χ2v) is 6.46. The lowest BCUT2D eigenvalue weighted by atomic mass is 9.98. The molecule has 2 atom stereocenters. The molecule has 0 radical (unpaired) electrons. The second-order valence-electron chi connectivity index (χ2n) is 6.02. The number of hydrogen-bond donors (Lipinski definition) is 1. The Morgan fingerprint density at radius 1 is 1.33 bits per heavy atom. The van der Waals surface area contributed by atoms with Gasteiger partial charge in [-0.15, -0.1) is 0 Å². The molecule has 1 amide bonds. The number of nitrogens with one attached hydrogen (secondary N) is 1. The van der Waals surface area contributed by atoms with Gasteiger partial charge in [0.25, 0.3) is 5.91 Å². The van der Waals surface area contributed by atoms with Crippen LogP contribution in [0.4, 0.5) is 0 Å². The van der Waals surface area contributed by atoms with E-state index in [1.807, 2.05) is 11.9 Å². The molecule has 4 nitrogen and oxygen atoms in total. The molecule has 2 saturated heterocycles. The highest BCUT2D eigenvalue weighted by Crippen LogP contribution is 2.31. The Bertz CT molecular complexity index is 537. The number of nitrogens with zero attached hydrogens (tertiary/aromatic N) is 1. The van der Waals surface area contributed by atoms with Crippen molar-refractivity contribution in [3.05, 3.63) is 28.8 Å². The summed E-state index contributed by atoms with van der Waals surface area (Å²) in [5.41, 5.74) is 0.540. The maximum Gasteiger partial charge on any atom is 0.257 e. The third-order valence-corrected chi connectivity index (χ3v) is 4.94. The van der Waals surface area contributed by atoms with E-state index in [0.29, 0.717) is 34.5 Å². The van der Waals surface area contributed by atoms with Gasteiger partial charge in [0.1, 0.15) is 5.75 Å². The Labute approximate surface area is 130 Å². The Morgan fingerprint density at radius 3 is 2.62 bits per heavy atom. The van der Waals surface area contributed by atoms with Crippen LogP contribution in [-0.4, -0.2) is 43.1 Å². The van der Waals surface area contributed by atoms with E-state index >= 15 is 0 Å². The molecule has 2 fully saturated rings. The zero-order chi connectivity index (χ0) is 15.0. The minimum Gasteiger partial charge on any atom is -0.496 e. The van der Waals surface area contributed by atoms with Crippen molar-refractivity contribution in [2.75, 3.05) is 14.2 Å². The first kappa shape index (κ1) is 14.7. The topological polar surface area (TPSA) is 41.6 Å². The molecule has 1 aromatic rings. The molecule has 0 aromatic heterocycles. The van der Waals surface area contributed by atoms with Crippen LogP contribution >= 0.6 is 11.6 Å². The fraction of sp³-hybridized carbons (Fsp3) is 0.562. The quantitative estimate of drug-likeness (QED) is 0.933. The summed E-state index contributed by atoms with van der Waals surface area (Å²) < 4.78 is 5.30. The molecule has 5 heteroatoms. The van der Waals surface area contributed by atoms with Crippen molar-refractivity contribution in [1.29, 1.82) is 0 Å². The highest BCUT2D eigenvalue weighted by molar-refractivity contribution is 6.31. The molecule has 0 spiro atoms. The van der Waals surface area contributed by atoms with E-state index < -0.39 is 0 Å². The molecular weight excluding hydrogens is 288 g/mol. The number of piperidine rings is 1. The number of hydrogen-bond acceptors (Lipinski definition) is 3. The Morgan fingerprint density at radius 2 is 2.00 bits per heavy atom. The molecule has 2 heterocycles.